The van der Waals surface area contributed by atoms with E-state index in [1.165, 1.54) is 0 Å². The molecule has 1 saturated carbocycles. The Morgan fingerprint density at radius 1 is 1.29 bits per heavy atom. The van der Waals surface area contributed by atoms with Crippen LogP contribution in [0.4, 0.5) is 4.79 Å². The van der Waals surface area contributed by atoms with E-state index in [9.17, 15) is 9.59 Å². The number of nitrogens with one attached hydrogen (secondary N) is 2. The van der Waals surface area contributed by atoms with E-state index in [-0.39, 0.29) is 18.2 Å². The first-order valence-corrected chi connectivity index (χ1v) is 8.67. The summed E-state index contributed by atoms with van der Waals surface area (Å²) in [5.74, 6) is 0.195. The highest BCUT2D eigenvalue weighted by Crippen LogP contribution is 2.29. The average Bonchev–Trinajstić information content (AvgIpc) is 3.06. The molecular formula is C14H24N2O4S. The number of hydrogen-bond acceptors (Lipinski definition) is 4. The van der Waals surface area contributed by atoms with E-state index in [0.29, 0.717) is 24.6 Å². The molecule has 1 aliphatic carbocycles. The monoisotopic (exact) mass is 316 g/mol. The number of aliphatic carboxylic acids is 1. The van der Waals surface area contributed by atoms with Gasteiger partial charge in [0.1, 0.15) is 0 Å². The Morgan fingerprint density at radius 3 is 2.76 bits per heavy atom. The molecule has 3 N–H and O–H groups in total. The zero-order chi connectivity index (χ0) is 15.2. The molecule has 4 unspecified atom stereocenters. The summed E-state index contributed by atoms with van der Waals surface area (Å²) in [5.41, 5.74) is 0. The summed E-state index contributed by atoms with van der Waals surface area (Å²) in [4.78, 5) is 22.6. The molecule has 0 bridgehead atoms. The second-order valence-electron chi connectivity index (χ2n) is 5.60. The Labute approximate surface area is 129 Å². The van der Waals surface area contributed by atoms with Crippen LogP contribution in [0, 0.1) is 0 Å². The third kappa shape index (κ3) is 5.07. The number of hydrogen-bond donors (Lipinski definition) is 3. The number of carbonyl (C=O) groups is 2. The van der Waals surface area contributed by atoms with Crippen molar-refractivity contribution in [3.05, 3.63) is 0 Å². The van der Waals surface area contributed by atoms with Crippen molar-refractivity contribution in [2.75, 3.05) is 12.3 Å². The van der Waals surface area contributed by atoms with Crippen LogP contribution in [0.15, 0.2) is 0 Å². The summed E-state index contributed by atoms with van der Waals surface area (Å²) in [6, 6.07) is 0.0786. The predicted octanol–water partition coefficient (Wildman–Crippen LogP) is 1.59. The fourth-order valence-corrected chi connectivity index (χ4v) is 4.08. The molecule has 0 aromatic carbocycles. The van der Waals surface area contributed by atoms with Gasteiger partial charge in [-0.1, -0.05) is 6.92 Å². The van der Waals surface area contributed by atoms with Crippen LogP contribution in [-0.2, 0) is 9.53 Å². The smallest absolute Gasteiger partial charge is 0.332 e. The number of carbonyl (C=O) groups excluding carboxylic acids is 1. The predicted molar refractivity (Wildman–Crippen MR) is 81.6 cm³/mol. The molecule has 0 spiro atoms. The van der Waals surface area contributed by atoms with Gasteiger partial charge in [-0.15, -0.1) is 0 Å². The van der Waals surface area contributed by atoms with Gasteiger partial charge in [-0.25, -0.2) is 9.59 Å². The van der Waals surface area contributed by atoms with Crippen molar-refractivity contribution in [2.24, 2.45) is 0 Å². The maximum atomic E-state index is 11.8. The molecule has 2 fully saturated rings. The molecule has 7 heteroatoms. The highest BCUT2D eigenvalue weighted by atomic mass is 32.2. The third-order valence-electron chi connectivity index (χ3n) is 4.00. The zero-order valence-corrected chi connectivity index (χ0v) is 13.2. The molecule has 0 radical (unpaired) electrons. The average molecular weight is 316 g/mol. The number of urea groups is 1. The van der Waals surface area contributed by atoms with Gasteiger partial charge >= 0.3 is 12.0 Å². The molecule has 120 valence electrons. The van der Waals surface area contributed by atoms with Gasteiger partial charge in [-0.2, -0.15) is 11.8 Å². The van der Waals surface area contributed by atoms with Gasteiger partial charge in [-0.3, -0.25) is 0 Å². The quantitative estimate of drug-likeness (QED) is 0.692. The minimum atomic E-state index is -0.924. The van der Waals surface area contributed by atoms with Crippen molar-refractivity contribution < 1.29 is 19.4 Å². The van der Waals surface area contributed by atoms with Gasteiger partial charge in [0, 0.05) is 17.8 Å². The SMILES string of the molecule is CCSC1CCC(NC(=O)NCC2CCC(C(=O)O)O2)C1. The fraction of sp³-hybridized carbons (Fsp3) is 0.857. The Hall–Kier alpha value is -0.950. The Balaban J connectivity index is 1.61. The molecule has 6 nitrogen and oxygen atoms in total. The lowest BCUT2D eigenvalue weighted by atomic mass is 10.2. The van der Waals surface area contributed by atoms with Crippen LogP contribution < -0.4 is 10.6 Å². The van der Waals surface area contributed by atoms with E-state index >= 15 is 0 Å². The maximum Gasteiger partial charge on any atom is 0.332 e. The number of thioether (sulfide) groups is 1. The summed E-state index contributed by atoms with van der Waals surface area (Å²) in [7, 11) is 0. The number of carboxylic acids is 1. The van der Waals surface area contributed by atoms with E-state index in [4.69, 9.17) is 9.84 Å². The summed E-state index contributed by atoms with van der Waals surface area (Å²) in [6.07, 6.45) is 3.51. The van der Waals surface area contributed by atoms with E-state index in [1.54, 1.807) is 0 Å². The molecule has 2 rings (SSSR count). The van der Waals surface area contributed by atoms with Crippen LogP contribution in [0.1, 0.15) is 39.0 Å². The van der Waals surface area contributed by atoms with Crippen molar-refractivity contribution in [3.8, 4) is 0 Å². The van der Waals surface area contributed by atoms with Crippen molar-refractivity contribution in [1.82, 2.24) is 10.6 Å². The first kappa shape index (κ1) is 16.4. The minimum absolute atomic E-state index is 0.176. The normalized spacial score (nSPS) is 32.0. The maximum absolute atomic E-state index is 11.8. The molecule has 4 atom stereocenters. The van der Waals surface area contributed by atoms with Crippen LogP contribution in [0.2, 0.25) is 0 Å². The van der Waals surface area contributed by atoms with Crippen molar-refractivity contribution in [3.63, 3.8) is 0 Å². The van der Waals surface area contributed by atoms with Gasteiger partial charge in [0.15, 0.2) is 6.10 Å². The molecule has 1 saturated heterocycles. The van der Waals surface area contributed by atoms with E-state index in [2.05, 4.69) is 17.6 Å². The molecule has 2 aliphatic rings. The largest absolute Gasteiger partial charge is 0.479 e. The first-order chi connectivity index (χ1) is 10.1. The Bertz CT molecular complexity index is 380. The van der Waals surface area contributed by atoms with E-state index in [1.807, 2.05) is 11.8 Å². The number of ether oxygens (including phenoxy) is 1. The molecule has 2 amide bonds. The summed E-state index contributed by atoms with van der Waals surface area (Å²) in [6.45, 7) is 2.53. The minimum Gasteiger partial charge on any atom is -0.479 e. The van der Waals surface area contributed by atoms with E-state index in [0.717, 1.165) is 25.0 Å². The fourth-order valence-electron chi connectivity index (χ4n) is 2.94. The van der Waals surface area contributed by atoms with Crippen LogP contribution in [0.25, 0.3) is 0 Å². The van der Waals surface area contributed by atoms with Crippen LogP contribution >= 0.6 is 11.8 Å². The zero-order valence-electron chi connectivity index (χ0n) is 12.3. The number of carboxylic acid groups (broad SMARTS) is 1. The lowest BCUT2D eigenvalue weighted by molar-refractivity contribution is -0.149. The standard InChI is InChI=1S/C14H24N2O4S/c1-2-21-11-5-3-9(7-11)16-14(19)15-8-10-4-6-12(20-10)13(17)18/h9-12H,2-8H2,1H3,(H,17,18)(H2,15,16,19). The van der Waals surface area contributed by atoms with Crippen LogP contribution in [0.3, 0.4) is 0 Å². The van der Waals surface area contributed by atoms with Gasteiger partial charge in [-0.05, 0) is 37.9 Å². The molecule has 1 aliphatic heterocycles. The Morgan fingerprint density at radius 2 is 2.10 bits per heavy atom. The number of amides is 2. The second-order valence-corrected chi connectivity index (χ2v) is 7.18. The van der Waals surface area contributed by atoms with Gasteiger partial charge < -0.3 is 20.5 Å². The summed E-state index contributed by atoms with van der Waals surface area (Å²) in [5, 5.41) is 15.3. The van der Waals surface area contributed by atoms with Crippen LogP contribution in [-0.4, -0.2) is 52.9 Å². The molecule has 1 heterocycles. The number of rotatable bonds is 6. The lowest BCUT2D eigenvalue weighted by Gasteiger charge is -2.16. The van der Waals surface area contributed by atoms with Gasteiger partial charge in [0.05, 0.1) is 6.10 Å². The Kier molecular flexibility index (Phi) is 6.17. The van der Waals surface area contributed by atoms with Crippen molar-refractivity contribution >= 4 is 23.8 Å². The van der Waals surface area contributed by atoms with Crippen molar-refractivity contribution in [2.45, 2.75) is 62.5 Å². The molecule has 21 heavy (non-hydrogen) atoms. The molecule has 0 aromatic rings. The lowest BCUT2D eigenvalue weighted by Crippen LogP contribution is -2.44. The third-order valence-corrected chi connectivity index (χ3v) is 5.23. The van der Waals surface area contributed by atoms with E-state index < -0.39 is 12.1 Å². The molecule has 0 aromatic heterocycles. The first-order valence-electron chi connectivity index (χ1n) is 7.62. The summed E-state index contributed by atoms with van der Waals surface area (Å²) < 4.78 is 5.35. The molecular weight excluding hydrogens is 292 g/mol. The van der Waals surface area contributed by atoms with Crippen LogP contribution in [0.5, 0.6) is 0 Å². The van der Waals surface area contributed by atoms with Gasteiger partial charge in [0.25, 0.3) is 0 Å². The topological polar surface area (TPSA) is 87.7 Å². The second kappa shape index (κ2) is 7.89. The van der Waals surface area contributed by atoms with Gasteiger partial charge in [0.2, 0.25) is 0 Å². The highest BCUT2D eigenvalue weighted by Gasteiger charge is 2.31. The summed E-state index contributed by atoms with van der Waals surface area (Å²) >= 11 is 1.96. The van der Waals surface area contributed by atoms with Crippen molar-refractivity contribution in [1.29, 1.82) is 0 Å². The highest BCUT2D eigenvalue weighted by molar-refractivity contribution is 7.99.